The summed E-state index contributed by atoms with van der Waals surface area (Å²) in [7, 11) is -3.68. The first-order valence-electron chi connectivity index (χ1n) is 7.16. The Morgan fingerprint density at radius 2 is 1.91 bits per heavy atom. The van der Waals surface area contributed by atoms with Gasteiger partial charge in [-0.1, -0.05) is 12.1 Å². The van der Waals surface area contributed by atoms with Crippen LogP contribution in [-0.4, -0.2) is 14.3 Å². The molecule has 0 unspecified atom stereocenters. The molecular formula is C16H20N2O4S. The van der Waals surface area contributed by atoms with Crippen molar-refractivity contribution < 1.29 is 17.6 Å². The number of carbonyl (C=O) groups excluding carboxylic acids is 1. The second-order valence-corrected chi connectivity index (χ2v) is 7.11. The summed E-state index contributed by atoms with van der Waals surface area (Å²) in [5.41, 5.74) is 1.37. The lowest BCUT2D eigenvalue weighted by Crippen LogP contribution is -2.27. The average molecular weight is 336 g/mol. The summed E-state index contributed by atoms with van der Waals surface area (Å²) in [4.78, 5) is 11.3. The quantitative estimate of drug-likeness (QED) is 0.879. The van der Waals surface area contributed by atoms with Crippen LogP contribution in [-0.2, 0) is 14.8 Å². The van der Waals surface area contributed by atoms with Crippen LogP contribution >= 0.6 is 0 Å². The van der Waals surface area contributed by atoms with Gasteiger partial charge in [0.2, 0.25) is 15.9 Å². The first kappa shape index (κ1) is 17.2. The minimum Gasteiger partial charge on any atom is -0.465 e. The number of amides is 1. The molecule has 2 rings (SSSR count). The van der Waals surface area contributed by atoms with Crippen molar-refractivity contribution >= 4 is 21.6 Å². The summed E-state index contributed by atoms with van der Waals surface area (Å²) in [6.07, 6.45) is 0. The van der Waals surface area contributed by atoms with E-state index in [0.717, 1.165) is 5.56 Å². The molecule has 0 aliphatic rings. The molecule has 0 saturated carbocycles. The number of hydrogen-bond donors (Lipinski definition) is 2. The molecule has 124 valence electrons. The molecule has 0 aliphatic heterocycles. The van der Waals surface area contributed by atoms with E-state index in [9.17, 15) is 13.2 Å². The summed E-state index contributed by atoms with van der Waals surface area (Å²) < 4.78 is 32.9. The highest BCUT2D eigenvalue weighted by atomic mass is 32.2. The van der Waals surface area contributed by atoms with Crippen molar-refractivity contribution in [2.75, 3.05) is 5.32 Å². The van der Waals surface area contributed by atoms with Crippen molar-refractivity contribution in [3.63, 3.8) is 0 Å². The Balaban J connectivity index is 2.23. The number of anilines is 1. The molecule has 1 heterocycles. The van der Waals surface area contributed by atoms with Crippen LogP contribution in [0, 0.1) is 13.8 Å². The van der Waals surface area contributed by atoms with Crippen LogP contribution in [0.3, 0.4) is 0 Å². The largest absolute Gasteiger partial charge is 0.465 e. The molecule has 0 fully saturated rings. The zero-order valence-electron chi connectivity index (χ0n) is 13.5. The number of sulfonamides is 1. The third-order valence-corrected chi connectivity index (χ3v) is 4.97. The third kappa shape index (κ3) is 4.20. The van der Waals surface area contributed by atoms with E-state index in [1.54, 1.807) is 45.0 Å². The van der Waals surface area contributed by atoms with Gasteiger partial charge in [-0.25, -0.2) is 13.1 Å². The number of aryl methyl sites for hydroxylation is 2. The van der Waals surface area contributed by atoms with Gasteiger partial charge in [0, 0.05) is 18.7 Å². The second-order valence-electron chi connectivity index (χ2n) is 5.43. The Kier molecular flexibility index (Phi) is 4.91. The van der Waals surface area contributed by atoms with Crippen LogP contribution in [0.2, 0.25) is 0 Å². The van der Waals surface area contributed by atoms with Gasteiger partial charge in [-0.05, 0) is 44.5 Å². The van der Waals surface area contributed by atoms with Crippen molar-refractivity contribution in [1.82, 2.24) is 4.72 Å². The maximum atomic E-state index is 12.5. The van der Waals surface area contributed by atoms with Crippen LogP contribution in [0.25, 0.3) is 0 Å². The van der Waals surface area contributed by atoms with E-state index in [4.69, 9.17) is 4.42 Å². The van der Waals surface area contributed by atoms with Gasteiger partial charge < -0.3 is 9.73 Å². The Labute approximate surface area is 135 Å². The first-order chi connectivity index (χ1) is 10.7. The maximum Gasteiger partial charge on any atom is 0.244 e. The Morgan fingerprint density at radius 3 is 2.48 bits per heavy atom. The van der Waals surface area contributed by atoms with Crippen LogP contribution in [0.1, 0.15) is 37.0 Å². The monoisotopic (exact) mass is 336 g/mol. The van der Waals surface area contributed by atoms with E-state index in [1.165, 1.54) is 13.0 Å². The molecule has 2 N–H and O–H groups in total. The fourth-order valence-corrected chi connectivity index (χ4v) is 3.80. The molecule has 6 nitrogen and oxygen atoms in total. The molecule has 2 aromatic rings. The number of benzene rings is 1. The van der Waals surface area contributed by atoms with E-state index in [1.807, 2.05) is 0 Å². The molecule has 1 aromatic heterocycles. The number of furan rings is 1. The topological polar surface area (TPSA) is 88.4 Å². The highest BCUT2D eigenvalue weighted by molar-refractivity contribution is 7.89. The lowest BCUT2D eigenvalue weighted by Gasteiger charge is -2.15. The lowest BCUT2D eigenvalue weighted by molar-refractivity contribution is -0.114. The Morgan fingerprint density at radius 1 is 1.22 bits per heavy atom. The SMILES string of the molecule is CC(=O)Nc1cccc([C@@H](C)NS(=O)(=O)c2cc(C)oc2C)c1. The molecule has 23 heavy (non-hydrogen) atoms. The van der Waals surface area contributed by atoms with E-state index >= 15 is 0 Å². The fourth-order valence-electron chi connectivity index (χ4n) is 2.33. The molecular weight excluding hydrogens is 316 g/mol. The smallest absolute Gasteiger partial charge is 0.244 e. The zero-order valence-corrected chi connectivity index (χ0v) is 14.3. The molecule has 7 heteroatoms. The van der Waals surface area contributed by atoms with Crippen LogP contribution in [0.15, 0.2) is 39.6 Å². The lowest BCUT2D eigenvalue weighted by atomic mass is 10.1. The van der Waals surface area contributed by atoms with Gasteiger partial charge in [0.25, 0.3) is 0 Å². The number of hydrogen-bond acceptors (Lipinski definition) is 4. The maximum absolute atomic E-state index is 12.5. The summed E-state index contributed by atoms with van der Waals surface area (Å²) in [5.74, 6) is 0.720. The third-order valence-electron chi connectivity index (χ3n) is 3.32. The molecule has 0 spiro atoms. The van der Waals surface area contributed by atoms with E-state index in [2.05, 4.69) is 10.0 Å². The average Bonchev–Trinajstić information content (AvgIpc) is 2.77. The number of carbonyl (C=O) groups is 1. The van der Waals surface area contributed by atoms with E-state index in [0.29, 0.717) is 17.2 Å². The van der Waals surface area contributed by atoms with Gasteiger partial charge in [-0.2, -0.15) is 0 Å². The van der Waals surface area contributed by atoms with Crippen LogP contribution in [0.4, 0.5) is 5.69 Å². The van der Waals surface area contributed by atoms with Gasteiger partial charge in [0.15, 0.2) is 0 Å². The van der Waals surface area contributed by atoms with Crippen molar-refractivity contribution in [3.8, 4) is 0 Å². The molecule has 1 atom stereocenters. The normalized spacial score (nSPS) is 12.9. The summed E-state index contributed by atoms with van der Waals surface area (Å²) in [5, 5.41) is 2.68. The minimum absolute atomic E-state index is 0.139. The van der Waals surface area contributed by atoms with Gasteiger partial charge >= 0.3 is 0 Å². The van der Waals surface area contributed by atoms with Gasteiger partial charge in [-0.15, -0.1) is 0 Å². The van der Waals surface area contributed by atoms with Gasteiger partial charge in [-0.3, -0.25) is 4.79 Å². The van der Waals surface area contributed by atoms with Crippen molar-refractivity contribution in [1.29, 1.82) is 0 Å². The molecule has 1 amide bonds. The minimum atomic E-state index is -3.68. The van der Waals surface area contributed by atoms with Crippen molar-refractivity contribution in [2.24, 2.45) is 0 Å². The van der Waals surface area contributed by atoms with Crippen LogP contribution in [0.5, 0.6) is 0 Å². The van der Waals surface area contributed by atoms with Gasteiger partial charge in [0.1, 0.15) is 16.4 Å². The summed E-state index contributed by atoms with van der Waals surface area (Å²) in [6, 6.07) is 8.09. The summed E-state index contributed by atoms with van der Waals surface area (Å²) in [6.45, 7) is 6.48. The highest BCUT2D eigenvalue weighted by Gasteiger charge is 2.23. The molecule has 0 bridgehead atoms. The van der Waals surface area contributed by atoms with Crippen LogP contribution < -0.4 is 10.0 Å². The molecule has 0 radical (unpaired) electrons. The Hall–Kier alpha value is -2.12. The molecule has 0 saturated heterocycles. The number of rotatable bonds is 5. The standard InChI is InChI=1S/C16H20N2O4S/c1-10-8-16(12(3)22-10)23(20,21)18-11(2)14-6-5-7-15(9-14)17-13(4)19/h5-9,11,18H,1-4H3,(H,17,19)/t11-/m1/s1. The fraction of sp³-hybridized carbons (Fsp3) is 0.312. The molecule has 0 aliphatic carbocycles. The zero-order chi connectivity index (χ0) is 17.2. The van der Waals surface area contributed by atoms with E-state index < -0.39 is 16.1 Å². The predicted molar refractivity (Wildman–Crippen MR) is 87.7 cm³/mol. The predicted octanol–water partition coefficient (Wildman–Crippen LogP) is 2.89. The van der Waals surface area contributed by atoms with E-state index in [-0.39, 0.29) is 10.8 Å². The summed E-state index contributed by atoms with van der Waals surface area (Å²) >= 11 is 0. The number of nitrogens with one attached hydrogen (secondary N) is 2. The molecule has 1 aromatic carbocycles. The van der Waals surface area contributed by atoms with Crippen molar-refractivity contribution in [2.45, 2.75) is 38.6 Å². The van der Waals surface area contributed by atoms with Crippen molar-refractivity contribution in [3.05, 3.63) is 47.4 Å². The Bertz CT molecular complexity index is 824. The second kappa shape index (κ2) is 6.55. The first-order valence-corrected chi connectivity index (χ1v) is 8.64. The van der Waals surface area contributed by atoms with Gasteiger partial charge in [0.05, 0.1) is 0 Å². The highest BCUT2D eigenvalue weighted by Crippen LogP contribution is 2.23.